The molecule has 0 saturated carbocycles. The first-order valence-electron chi connectivity index (χ1n) is 33.7. The van der Waals surface area contributed by atoms with Gasteiger partial charge in [0, 0.05) is 12.8 Å². The number of quaternary nitrogens is 1. The molecule has 0 aromatic carbocycles. The molecule has 3 atom stereocenters. The van der Waals surface area contributed by atoms with Gasteiger partial charge in [-0.2, -0.15) is 0 Å². The molecule has 0 bridgehead atoms. The molecule has 0 saturated heterocycles. The Bertz CT molecular complexity index is 1600. The molecule has 1 N–H and O–H groups in total. The van der Waals surface area contributed by atoms with Gasteiger partial charge in [-0.1, -0.05) is 267 Å². The van der Waals surface area contributed by atoms with E-state index in [1.54, 1.807) is 0 Å². The average molecular weight is 1140 g/mol. The van der Waals surface area contributed by atoms with Crippen LogP contribution in [0.4, 0.5) is 0 Å². The second-order valence-corrected chi connectivity index (χ2v) is 25.4. The number of nitrogens with one attached hydrogen (secondary N) is 1. The standard InChI is InChI=1S/C70H129N2O7P/c1-7-10-13-16-19-22-25-28-30-32-33-34-35-36-37-38-39-41-42-44-47-50-53-56-59-62-69(73)71-67(66-78-80(75,76)77-65-64-72(4,5)6)68(61-58-55-52-49-46-27-24-21-18-15-12-9-3)79-70(74)63-60-57-54-51-48-45-43-40-31-29-26-23-20-17-14-11-8-2/h19,22,28-31,33-34,36-37,58,61,67-68H,7-18,20-21,23-27,32,35,38-57,59-60,62-66H2,1-6H3,(H-,71,73,75,76)/b22-19-,30-28-,31-29+,34-33-,37-36-,61-58-. The predicted molar refractivity (Wildman–Crippen MR) is 344 cm³/mol. The van der Waals surface area contributed by atoms with Gasteiger partial charge in [0.2, 0.25) is 5.91 Å². The highest BCUT2D eigenvalue weighted by atomic mass is 31.2. The van der Waals surface area contributed by atoms with E-state index in [1.165, 1.54) is 173 Å². The molecular formula is C70H129N2O7P. The molecule has 0 aliphatic rings. The molecule has 0 rings (SSSR count). The Morgan fingerprint density at radius 1 is 0.438 bits per heavy atom. The lowest BCUT2D eigenvalue weighted by Crippen LogP contribution is -2.47. The molecule has 0 radical (unpaired) electrons. The van der Waals surface area contributed by atoms with Gasteiger partial charge >= 0.3 is 5.97 Å². The molecule has 1 amide bonds. The minimum atomic E-state index is -4.71. The highest BCUT2D eigenvalue weighted by molar-refractivity contribution is 7.45. The number of phosphoric acid groups is 1. The normalized spacial score (nSPS) is 14.0. The summed E-state index contributed by atoms with van der Waals surface area (Å²) >= 11 is 0. The molecule has 0 aliphatic carbocycles. The fourth-order valence-corrected chi connectivity index (χ4v) is 10.3. The number of likely N-dealkylation sites (N-methyl/N-ethyl adjacent to an activating group) is 1. The summed E-state index contributed by atoms with van der Waals surface area (Å²) in [4.78, 5) is 40.1. The molecule has 3 unspecified atom stereocenters. The van der Waals surface area contributed by atoms with Gasteiger partial charge in [0.15, 0.2) is 0 Å². The van der Waals surface area contributed by atoms with Gasteiger partial charge in [-0.05, 0) is 102 Å². The number of esters is 1. The lowest BCUT2D eigenvalue weighted by Gasteiger charge is -2.30. The minimum absolute atomic E-state index is 0.0259. The van der Waals surface area contributed by atoms with Crippen LogP contribution in [-0.2, 0) is 27.9 Å². The zero-order chi connectivity index (χ0) is 58.6. The molecule has 9 nitrogen and oxygen atoms in total. The SMILES string of the molecule is CCCCC/C=C\C/C=C\C/C=C\C/C=C\CCCCCCCCCCCC(=O)NC(COP(=O)([O-])OCC[N+](C)(C)C)C(/C=C\CCCCCCCCCCCC)OC(=O)CCCCCCCCC/C=C/CCCCCCCC. The third-order valence-electron chi connectivity index (χ3n) is 14.9. The monoisotopic (exact) mass is 1140 g/mol. The lowest BCUT2D eigenvalue weighted by molar-refractivity contribution is -0.870. The molecule has 80 heavy (non-hydrogen) atoms. The van der Waals surface area contributed by atoms with Crippen LogP contribution in [0.15, 0.2) is 72.9 Å². The van der Waals surface area contributed by atoms with E-state index in [9.17, 15) is 19.0 Å². The number of rotatable bonds is 61. The highest BCUT2D eigenvalue weighted by Gasteiger charge is 2.27. The van der Waals surface area contributed by atoms with Crippen molar-refractivity contribution in [2.75, 3.05) is 40.9 Å². The predicted octanol–water partition coefficient (Wildman–Crippen LogP) is 20.5. The first-order valence-corrected chi connectivity index (χ1v) is 35.2. The van der Waals surface area contributed by atoms with Crippen LogP contribution in [0.1, 0.15) is 310 Å². The van der Waals surface area contributed by atoms with Gasteiger partial charge < -0.3 is 28.5 Å². The summed E-state index contributed by atoms with van der Waals surface area (Å²) in [5.41, 5.74) is 0. The van der Waals surface area contributed by atoms with E-state index in [2.05, 4.69) is 86.8 Å². The van der Waals surface area contributed by atoms with Crippen LogP contribution >= 0.6 is 7.82 Å². The zero-order valence-corrected chi connectivity index (χ0v) is 54.2. The number of phosphoric ester groups is 1. The van der Waals surface area contributed by atoms with Crippen LogP contribution in [-0.4, -0.2) is 69.4 Å². The molecule has 0 aromatic heterocycles. The topological polar surface area (TPSA) is 114 Å². The molecule has 0 aromatic rings. The number of carbonyl (C=O) groups excluding carboxylic acids is 2. The Kier molecular flexibility index (Phi) is 57.7. The fraction of sp³-hybridized carbons (Fsp3) is 0.800. The smallest absolute Gasteiger partial charge is 0.306 e. The fourth-order valence-electron chi connectivity index (χ4n) is 9.62. The van der Waals surface area contributed by atoms with E-state index >= 15 is 0 Å². The summed E-state index contributed by atoms with van der Waals surface area (Å²) in [5.74, 6) is -0.547. The molecule has 10 heteroatoms. The van der Waals surface area contributed by atoms with Crippen molar-refractivity contribution in [3.8, 4) is 0 Å². The first kappa shape index (κ1) is 77.5. The van der Waals surface area contributed by atoms with Crippen LogP contribution in [0.25, 0.3) is 0 Å². The zero-order valence-electron chi connectivity index (χ0n) is 53.3. The Morgan fingerprint density at radius 2 is 0.762 bits per heavy atom. The Balaban J connectivity index is 5.14. The van der Waals surface area contributed by atoms with Gasteiger partial charge in [-0.15, -0.1) is 0 Å². The maximum atomic E-state index is 13.6. The summed E-state index contributed by atoms with van der Waals surface area (Å²) in [6, 6.07) is -0.896. The lowest BCUT2D eigenvalue weighted by atomic mass is 10.0. The van der Waals surface area contributed by atoms with E-state index in [4.69, 9.17) is 13.8 Å². The van der Waals surface area contributed by atoms with E-state index in [0.29, 0.717) is 17.4 Å². The molecule has 0 heterocycles. The molecule has 466 valence electrons. The third kappa shape index (κ3) is 60.1. The maximum absolute atomic E-state index is 13.6. The van der Waals surface area contributed by atoms with Crippen molar-refractivity contribution in [2.24, 2.45) is 0 Å². The Hall–Kier alpha value is -2.55. The van der Waals surface area contributed by atoms with Crippen molar-refractivity contribution in [2.45, 2.75) is 322 Å². The molecule has 0 aliphatic heterocycles. The minimum Gasteiger partial charge on any atom is -0.756 e. The summed E-state index contributed by atoms with van der Waals surface area (Å²) in [7, 11) is 1.18. The highest BCUT2D eigenvalue weighted by Crippen LogP contribution is 2.38. The molecule has 0 spiro atoms. The third-order valence-corrected chi connectivity index (χ3v) is 15.8. The summed E-state index contributed by atoms with van der Waals surface area (Å²) in [6.07, 6.45) is 77.2. The van der Waals surface area contributed by atoms with Crippen LogP contribution in [0.3, 0.4) is 0 Å². The number of ether oxygens (including phenoxy) is 1. The second kappa shape index (κ2) is 59.6. The molecule has 0 fully saturated rings. The average Bonchev–Trinajstić information content (AvgIpc) is 3.42. The van der Waals surface area contributed by atoms with Crippen LogP contribution in [0.5, 0.6) is 0 Å². The number of carbonyl (C=O) groups is 2. The van der Waals surface area contributed by atoms with Gasteiger partial charge in [-0.3, -0.25) is 14.2 Å². The van der Waals surface area contributed by atoms with Gasteiger partial charge in [0.05, 0.1) is 33.8 Å². The van der Waals surface area contributed by atoms with Gasteiger partial charge in [0.25, 0.3) is 7.82 Å². The van der Waals surface area contributed by atoms with Crippen LogP contribution in [0, 0.1) is 0 Å². The number of hydrogen-bond donors (Lipinski definition) is 1. The summed E-state index contributed by atoms with van der Waals surface area (Å²) in [5, 5.41) is 3.03. The van der Waals surface area contributed by atoms with E-state index < -0.39 is 26.6 Å². The van der Waals surface area contributed by atoms with Crippen molar-refractivity contribution in [3.63, 3.8) is 0 Å². The number of amides is 1. The number of nitrogens with zero attached hydrogens (tertiary/aromatic N) is 1. The van der Waals surface area contributed by atoms with Crippen molar-refractivity contribution in [1.82, 2.24) is 5.32 Å². The number of unbranched alkanes of at least 4 members (excludes halogenated alkanes) is 35. The maximum Gasteiger partial charge on any atom is 0.306 e. The van der Waals surface area contributed by atoms with E-state index in [0.717, 1.165) is 103 Å². The number of hydrogen-bond acceptors (Lipinski definition) is 7. The summed E-state index contributed by atoms with van der Waals surface area (Å²) < 4.78 is 30.4. The number of allylic oxidation sites excluding steroid dienone is 11. The van der Waals surface area contributed by atoms with Crippen molar-refractivity contribution < 1.29 is 37.3 Å². The van der Waals surface area contributed by atoms with Gasteiger partial charge in [-0.25, -0.2) is 0 Å². The molecular weight excluding hydrogens is 1010 g/mol. The van der Waals surface area contributed by atoms with Crippen molar-refractivity contribution in [3.05, 3.63) is 72.9 Å². The van der Waals surface area contributed by atoms with Crippen molar-refractivity contribution >= 4 is 19.7 Å². The Labute approximate surface area is 495 Å². The van der Waals surface area contributed by atoms with E-state index in [1.807, 2.05) is 33.3 Å². The second-order valence-electron chi connectivity index (χ2n) is 24.0. The van der Waals surface area contributed by atoms with Crippen molar-refractivity contribution in [1.29, 1.82) is 0 Å². The van der Waals surface area contributed by atoms with E-state index in [-0.39, 0.29) is 24.9 Å². The largest absolute Gasteiger partial charge is 0.756 e. The summed E-state index contributed by atoms with van der Waals surface area (Å²) in [6.45, 7) is 6.82. The quantitative estimate of drug-likeness (QED) is 0.0212. The first-order chi connectivity index (χ1) is 38.9. The van der Waals surface area contributed by atoms with Gasteiger partial charge in [0.1, 0.15) is 19.3 Å². The van der Waals surface area contributed by atoms with Crippen LogP contribution in [0.2, 0.25) is 0 Å². The van der Waals surface area contributed by atoms with Crippen LogP contribution < -0.4 is 10.2 Å². The Morgan fingerprint density at radius 3 is 1.18 bits per heavy atom.